The summed E-state index contributed by atoms with van der Waals surface area (Å²) in [4.78, 5) is 18.3. The molecule has 5 heteroatoms. The first-order chi connectivity index (χ1) is 9.22. The summed E-state index contributed by atoms with van der Waals surface area (Å²) in [7, 11) is 0. The molecule has 1 heterocycles. The van der Waals surface area contributed by atoms with Crippen molar-refractivity contribution in [3.8, 4) is 0 Å². The van der Waals surface area contributed by atoms with Crippen molar-refractivity contribution < 1.29 is 9.90 Å². The second kappa shape index (κ2) is 6.87. The Hall–Kier alpha value is -1.13. The van der Waals surface area contributed by atoms with E-state index in [1.807, 2.05) is 0 Å². The minimum atomic E-state index is -0.136. The van der Waals surface area contributed by atoms with Crippen molar-refractivity contribution in [3.05, 3.63) is 29.0 Å². The van der Waals surface area contributed by atoms with E-state index < -0.39 is 0 Å². The van der Waals surface area contributed by atoms with Gasteiger partial charge in [-0.05, 0) is 25.0 Å². The van der Waals surface area contributed by atoms with E-state index in [1.165, 1.54) is 12.6 Å². The summed E-state index contributed by atoms with van der Waals surface area (Å²) >= 11 is 5.90. The van der Waals surface area contributed by atoms with Crippen LogP contribution in [0.4, 0.5) is 0 Å². The van der Waals surface area contributed by atoms with Crippen LogP contribution in [-0.2, 0) is 0 Å². The summed E-state index contributed by atoms with van der Waals surface area (Å²) in [5, 5.41) is 9.68. The summed E-state index contributed by atoms with van der Waals surface area (Å²) < 4.78 is 0. The van der Waals surface area contributed by atoms with Crippen molar-refractivity contribution in [2.75, 3.05) is 13.2 Å². The maximum absolute atomic E-state index is 12.5. The number of carbonyl (C=O) groups excluding carboxylic acids is 1. The summed E-state index contributed by atoms with van der Waals surface area (Å²) in [5.41, 5.74) is 0.353. The Morgan fingerprint density at radius 2 is 2.16 bits per heavy atom. The van der Waals surface area contributed by atoms with E-state index in [1.54, 1.807) is 17.0 Å². The maximum Gasteiger partial charge on any atom is 0.272 e. The van der Waals surface area contributed by atoms with Gasteiger partial charge in [0, 0.05) is 23.8 Å². The van der Waals surface area contributed by atoms with Crippen LogP contribution in [0.5, 0.6) is 0 Å². The molecule has 1 aromatic heterocycles. The highest BCUT2D eigenvalue weighted by Gasteiger charge is 2.26. The van der Waals surface area contributed by atoms with Crippen LogP contribution in [-0.4, -0.2) is 40.1 Å². The van der Waals surface area contributed by atoms with Crippen molar-refractivity contribution in [1.29, 1.82) is 0 Å². The Kier molecular flexibility index (Phi) is 5.16. The average molecular weight is 283 g/mol. The van der Waals surface area contributed by atoms with E-state index >= 15 is 0 Å². The highest BCUT2D eigenvalue weighted by molar-refractivity contribution is 6.30. The van der Waals surface area contributed by atoms with Crippen LogP contribution < -0.4 is 0 Å². The molecule has 19 heavy (non-hydrogen) atoms. The summed E-state index contributed by atoms with van der Waals surface area (Å²) in [6.45, 7) is 0.334. The van der Waals surface area contributed by atoms with E-state index in [2.05, 4.69) is 4.98 Å². The third-order valence-corrected chi connectivity index (χ3v) is 3.79. The third-order valence-electron chi connectivity index (χ3n) is 3.56. The molecule has 1 aromatic rings. The molecule has 1 saturated carbocycles. The van der Waals surface area contributed by atoms with Gasteiger partial charge in [0.15, 0.2) is 0 Å². The SMILES string of the molecule is O=C(c1cc(Cl)ccn1)N(CCO)C1CCCCC1. The first kappa shape index (κ1) is 14.3. The van der Waals surface area contributed by atoms with Crippen molar-refractivity contribution in [3.63, 3.8) is 0 Å². The predicted octanol–water partition coefficient (Wildman–Crippen LogP) is 2.50. The number of rotatable bonds is 4. The lowest BCUT2D eigenvalue weighted by atomic mass is 9.94. The predicted molar refractivity (Wildman–Crippen MR) is 74.2 cm³/mol. The van der Waals surface area contributed by atoms with Crippen LogP contribution in [0.15, 0.2) is 18.3 Å². The quantitative estimate of drug-likeness (QED) is 0.923. The second-order valence-corrected chi connectivity index (χ2v) is 5.31. The Morgan fingerprint density at radius 1 is 1.42 bits per heavy atom. The number of pyridine rings is 1. The molecule has 104 valence electrons. The lowest BCUT2D eigenvalue weighted by molar-refractivity contribution is 0.0579. The second-order valence-electron chi connectivity index (χ2n) is 4.87. The van der Waals surface area contributed by atoms with Gasteiger partial charge in [-0.15, -0.1) is 0 Å². The highest BCUT2D eigenvalue weighted by Crippen LogP contribution is 2.24. The van der Waals surface area contributed by atoms with Crippen LogP contribution in [0.1, 0.15) is 42.6 Å². The lowest BCUT2D eigenvalue weighted by Gasteiger charge is -2.33. The number of hydrogen-bond donors (Lipinski definition) is 1. The molecule has 1 aliphatic rings. The largest absolute Gasteiger partial charge is 0.395 e. The fourth-order valence-corrected chi connectivity index (χ4v) is 2.78. The molecule has 0 bridgehead atoms. The van der Waals surface area contributed by atoms with Crippen molar-refractivity contribution >= 4 is 17.5 Å². The van der Waals surface area contributed by atoms with Crippen LogP contribution in [0.3, 0.4) is 0 Å². The van der Waals surface area contributed by atoms with E-state index in [4.69, 9.17) is 11.6 Å². The fraction of sp³-hybridized carbons (Fsp3) is 0.571. The fourth-order valence-electron chi connectivity index (χ4n) is 2.62. The summed E-state index contributed by atoms with van der Waals surface area (Å²) in [6, 6.07) is 3.45. The molecular weight excluding hydrogens is 264 g/mol. The lowest BCUT2D eigenvalue weighted by Crippen LogP contribution is -2.43. The minimum Gasteiger partial charge on any atom is -0.395 e. The van der Waals surface area contributed by atoms with Crippen LogP contribution in [0.2, 0.25) is 5.02 Å². The number of amides is 1. The van der Waals surface area contributed by atoms with Gasteiger partial charge in [0.25, 0.3) is 5.91 Å². The molecular formula is C14H19ClN2O2. The first-order valence-electron chi connectivity index (χ1n) is 6.76. The molecule has 1 N–H and O–H groups in total. The van der Waals surface area contributed by atoms with Crippen LogP contribution >= 0.6 is 11.6 Å². The topological polar surface area (TPSA) is 53.4 Å². The molecule has 0 aromatic carbocycles. The molecule has 1 fully saturated rings. The zero-order valence-corrected chi connectivity index (χ0v) is 11.6. The van der Waals surface area contributed by atoms with Crippen LogP contribution in [0, 0.1) is 0 Å². The molecule has 4 nitrogen and oxygen atoms in total. The Balaban J connectivity index is 2.15. The molecule has 1 amide bonds. The van der Waals surface area contributed by atoms with Gasteiger partial charge >= 0.3 is 0 Å². The Morgan fingerprint density at radius 3 is 2.79 bits per heavy atom. The van der Waals surface area contributed by atoms with Gasteiger partial charge in [-0.2, -0.15) is 0 Å². The molecule has 1 aliphatic carbocycles. The molecule has 0 spiro atoms. The van der Waals surface area contributed by atoms with Crippen LogP contribution in [0.25, 0.3) is 0 Å². The van der Waals surface area contributed by atoms with Gasteiger partial charge in [0.1, 0.15) is 5.69 Å². The number of hydrogen-bond acceptors (Lipinski definition) is 3. The standard InChI is InChI=1S/C14H19ClN2O2/c15-11-6-7-16-13(10-11)14(19)17(8-9-18)12-4-2-1-3-5-12/h6-7,10,12,18H,1-5,8-9H2. The Labute approximate surface area is 118 Å². The van der Waals surface area contributed by atoms with Crippen molar-refractivity contribution in [1.82, 2.24) is 9.88 Å². The smallest absolute Gasteiger partial charge is 0.272 e. The summed E-state index contributed by atoms with van der Waals surface area (Å²) in [6.07, 6.45) is 7.06. The number of carbonyl (C=O) groups is 1. The zero-order valence-electron chi connectivity index (χ0n) is 10.9. The molecule has 2 rings (SSSR count). The molecule has 0 aliphatic heterocycles. The van der Waals surface area contributed by atoms with Crippen molar-refractivity contribution in [2.24, 2.45) is 0 Å². The first-order valence-corrected chi connectivity index (χ1v) is 7.13. The molecule has 0 radical (unpaired) electrons. The number of halogens is 1. The zero-order chi connectivity index (χ0) is 13.7. The van der Waals surface area contributed by atoms with Crippen molar-refractivity contribution in [2.45, 2.75) is 38.1 Å². The van der Waals surface area contributed by atoms with Gasteiger partial charge < -0.3 is 10.0 Å². The van der Waals surface area contributed by atoms with E-state index in [0.29, 0.717) is 17.3 Å². The van der Waals surface area contributed by atoms with Gasteiger partial charge in [0.2, 0.25) is 0 Å². The van der Waals surface area contributed by atoms with E-state index in [-0.39, 0.29) is 18.6 Å². The number of aromatic nitrogens is 1. The average Bonchev–Trinajstić information content (AvgIpc) is 2.45. The third kappa shape index (κ3) is 3.67. The Bertz CT molecular complexity index is 433. The van der Waals surface area contributed by atoms with Gasteiger partial charge in [-0.25, -0.2) is 0 Å². The molecule has 0 atom stereocenters. The van der Waals surface area contributed by atoms with E-state index in [0.717, 1.165) is 25.7 Å². The summed E-state index contributed by atoms with van der Waals surface area (Å²) in [5.74, 6) is -0.136. The number of aliphatic hydroxyl groups excluding tert-OH is 1. The maximum atomic E-state index is 12.5. The molecule has 0 saturated heterocycles. The number of aliphatic hydroxyl groups is 1. The normalized spacial score (nSPS) is 16.3. The molecule has 0 unspecified atom stereocenters. The van der Waals surface area contributed by atoms with Gasteiger partial charge in [0.05, 0.1) is 6.61 Å². The monoisotopic (exact) mass is 282 g/mol. The van der Waals surface area contributed by atoms with E-state index in [9.17, 15) is 9.90 Å². The number of nitrogens with zero attached hydrogens (tertiary/aromatic N) is 2. The van der Waals surface area contributed by atoms with Gasteiger partial charge in [-0.1, -0.05) is 30.9 Å². The highest BCUT2D eigenvalue weighted by atomic mass is 35.5. The minimum absolute atomic E-state index is 0.0250. The van der Waals surface area contributed by atoms with Gasteiger partial charge in [-0.3, -0.25) is 9.78 Å².